The monoisotopic (exact) mass is 342 g/mol. The zero-order chi connectivity index (χ0) is 16.2. The van der Waals surface area contributed by atoms with E-state index in [0.717, 1.165) is 0 Å². The Morgan fingerprint density at radius 2 is 1.90 bits per heavy atom. The van der Waals surface area contributed by atoms with Crippen molar-refractivity contribution < 1.29 is 18.0 Å². The first-order valence-electron chi connectivity index (χ1n) is 6.15. The summed E-state index contributed by atoms with van der Waals surface area (Å²) in [7, 11) is 0. The fourth-order valence-electron chi connectivity index (χ4n) is 1.73. The molecule has 0 aliphatic heterocycles. The van der Waals surface area contributed by atoms with Crippen molar-refractivity contribution in [2.45, 2.75) is 32.1 Å². The lowest BCUT2D eigenvalue weighted by Gasteiger charge is -2.21. The van der Waals surface area contributed by atoms with E-state index >= 15 is 0 Å². The summed E-state index contributed by atoms with van der Waals surface area (Å²) in [6.07, 6.45) is -4.43. The van der Waals surface area contributed by atoms with Crippen LogP contribution in [-0.2, 0) is 4.79 Å². The number of benzene rings is 1. The van der Waals surface area contributed by atoms with E-state index in [4.69, 9.17) is 23.2 Å². The van der Waals surface area contributed by atoms with Gasteiger partial charge in [-0.15, -0.1) is 0 Å². The van der Waals surface area contributed by atoms with Gasteiger partial charge in [-0.25, -0.2) is 0 Å². The van der Waals surface area contributed by atoms with Crippen LogP contribution in [-0.4, -0.2) is 24.7 Å². The Morgan fingerprint density at radius 3 is 2.43 bits per heavy atom. The van der Waals surface area contributed by atoms with Crippen LogP contribution in [0, 0.1) is 0 Å². The molecular weight excluding hydrogens is 328 g/mol. The topological polar surface area (TPSA) is 41.1 Å². The number of carbonyl (C=O) groups excluding carboxylic acids is 1. The van der Waals surface area contributed by atoms with Gasteiger partial charge in [0, 0.05) is 16.1 Å². The average molecular weight is 343 g/mol. The maximum absolute atomic E-state index is 12.0. The molecule has 8 heteroatoms. The molecule has 2 N–H and O–H groups in total. The number of carbonyl (C=O) groups is 1. The van der Waals surface area contributed by atoms with Gasteiger partial charge in [0.1, 0.15) is 6.54 Å². The molecule has 1 amide bonds. The molecule has 1 rings (SSSR count). The summed E-state index contributed by atoms with van der Waals surface area (Å²) in [5.41, 5.74) is 0.705. The van der Waals surface area contributed by atoms with Crippen molar-refractivity contribution in [1.82, 2.24) is 10.6 Å². The van der Waals surface area contributed by atoms with E-state index in [-0.39, 0.29) is 6.04 Å². The summed E-state index contributed by atoms with van der Waals surface area (Å²) in [5, 5.41) is 5.61. The number of halogens is 5. The minimum atomic E-state index is -4.43. The van der Waals surface area contributed by atoms with E-state index in [1.165, 1.54) is 6.92 Å². The van der Waals surface area contributed by atoms with Gasteiger partial charge in [-0.05, 0) is 31.5 Å². The lowest BCUT2D eigenvalue weighted by atomic mass is 10.1. The SMILES string of the molecule is CC(NC(C)c1ccc(Cl)cc1Cl)C(=O)NCC(F)(F)F. The fourth-order valence-corrected chi connectivity index (χ4v) is 2.31. The lowest BCUT2D eigenvalue weighted by Crippen LogP contribution is -2.45. The first kappa shape index (κ1) is 18.1. The molecule has 0 aliphatic carbocycles. The minimum absolute atomic E-state index is 0.318. The molecule has 21 heavy (non-hydrogen) atoms. The largest absolute Gasteiger partial charge is 0.405 e. The highest BCUT2D eigenvalue weighted by molar-refractivity contribution is 6.35. The molecule has 0 radical (unpaired) electrons. The number of amides is 1. The average Bonchev–Trinajstić information content (AvgIpc) is 2.34. The summed E-state index contributed by atoms with van der Waals surface area (Å²) >= 11 is 11.8. The summed E-state index contributed by atoms with van der Waals surface area (Å²) in [6, 6.07) is 3.79. The standard InChI is InChI=1S/C13H15Cl2F3N2O/c1-7(10-4-3-9(14)5-11(10)15)20-8(2)12(21)19-6-13(16,17)18/h3-5,7-8,20H,6H2,1-2H3,(H,19,21). The number of hydrogen-bond acceptors (Lipinski definition) is 2. The summed E-state index contributed by atoms with van der Waals surface area (Å²) in [5.74, 6) is -0.732. The zero-order valence-corrected chi connectivity index (χ0v) is 12.9. The fraction of sp³-hybridized carbons (Fsp3) is 0.462. The van der Waals surface area contributed by atoms with Crippen molar-refractivity contribution in [2.24, 2.45) is 0 Å². The quantitative estimate of drug-likeness (QED) is 0.856. The van der Waals surface area contributed by atoms with Crippen LogP contribution >= 0.6 is 23.2 Å². The van der Waals surface area contributed by atoms with Gasteiger partial charge in [0.05, 0.1) is 6.04 Å². The second-order valence-electron chi connectivity index (χ2n) is 4.61. The number of alkyl halides is 3. The Balaban J connectivity index is 2.61. The molecule has 0 fully saturated rings. The second kappa shape index (κ2) is 7.33. The van der Waals surface area contributed by atoms with E-state index in [1.54, 1.807) is 25.1 Å². The highest BCUT2D eigenvalue weighted by atomic mass is 35.5. The first-order chi connectivity index (χ1) is 9.60. The van der Waals surface area contributed by atoms with Crippen LogP contribution in [0.15, 0.2) is 18.2 Å². The number of nitrogens with one attached hydrogen (secondary N) is 2. The van der Waals surface area contributed by atoms with Crippen LogP contribution in [0.2, 0.25) is 10.0 Å². The van der Waals surface area contributed by atoms with Gasteiger partial charge in [0.25, 0.3) is 0 Å². The Hall–Kier alpha value is -0.980. The van der Waals surface area contributed by atoms with Gasteiger partial charge >= 0.3 is 6.18 Å². The Kier molecular flexibility index (Phi) is 6.31. The van der Waals surface area contributed by atoms with Gasteiger partial charge in [0.2, 0.25) is 5.91 Å². The summed E-state index contributed by atoms with van der Waals surface area (Å²) < 4.78 is 36.1. The predicted octanol–water partition coefficient (Wildman–Crippen LogP) is 3.71. The predicted molar refractivity (Wildman–Crippen MR) is 76.5 cm³/mol. The second-order valence-corrected chi connectivity index (χ2v) is 5.45. The van der Waals surface area contributed by atoms with E-state index in [9.17, 15) is 18.0 Å². The first-order valence-corrected chi connectivity index (χ1v) is 6.91. The minimum Gasteiger partial charge on any atom is -0.346 e. The molecule has 118 valence electrons. The third kappa shape index (κ3) is 6.11. The van der Waals surface area contributed by atoms with Gasteiger partial charge in [0.15, 0.2) is 0 Å². The van der Waals surface area contributed by atoms with E-state index in [2.05, 4.69) is 5.32 Å². The van der Waals surface area contributed by atoms with Gasteiger partial charge < -0.3 is 5.32 Å². The van der Waals surface area contributed by atoms with Crippen molar-refractivity contribution in [3.05, 3.63) is 33.8 Å². The number of hydrogen-bond donors (Lipinski definition) is 2. The lowest BCUT2D eigenvalue weighted by molar-refractivity contribution is -0.139. The molecule has 0 aliphatic rings. The normalized spacial score (nSPS) is 14.6. The molecule has 0 heterocycles. The van der Waals surface area contributed by atoms with E-state index in [1.807, 2.05) is 5.32 Å². The van der Waals surface area contributed by atoms with Gasteiger partial charge in [-0.2, -0.15) is 13.2 Å². The molecule has 0 saturated carbocycles. The highest BCUT2D eigenvalue weighted by Crippen LogP contribution is 2.26. The molecule has 3 nitrogen and oxygen atoms in total. The molecule has 0 spiro atoms. The van der Waals surface area contributed by atoms with Crippen LogP contribution in [0.1, 0.15) is 25.5 Å². The summed E-state index contributed by atoms with van der Waals surface area (Å²) in [6.45, 7) is 1.88. The third-order valence-electron chi connectivity index (χ3n) is 2.79. The van der Waals surface area contributed by atoms with Crippen molar-refractivity contribution in [2.75, 3.05) is 6.54 Å². The smallest absolute Gasteiger partial charge is 0.346 e. The van der Waals surface area contributed by atoms with E-state index in [0.29, 0.717) is 15.6 Å². The van der Waals surface area contributed by atoms with E-state index < -0.39 is 24.7 Å². The maximum Gasteiger partial charge on any atom is 0.405 e. The highest BCUT2D eigenvalue weighted by Gasteiger charge is 2.29. The maximum atomic E-state index is 12.0. The molecule has 0 aromatic heterocycles. The summed E-state index contributed by atoms with van der Waals surface area (Å²) in [4.78, 5) is 11.6. The molecule has 2 atom stereocenters. The number of rotatable bonds is 5. The zero-order valence-electron chi connectivity index (χ0n) is 11.4. The molecule has 2 unspecified atom stereocenters. The van der Waals surface area contributed by atoms with Crippen LogP contribution in [0.5, 0.6) is 0 Å². The Bertz CT molecular complexity index is 509. The van der Waals surface area contributed by atoms with Crippen molar-refractivity contribution in [1.29, 1.82) is 0 Å². The molecule has 0 saturated heterocycles. The molecule has 1 aromatic rings. The van der Waals surface area contributed by atoms with Gasteiger partial charge in [-0.1, -0.05) is 29.3 Å². The van der Waals surface area contributed by atoms with Crippen LogP contribution in [0.3, 0.4) is 0 Å². The molecular formula is C13H15Cl2F3N2O. The van der Waals surface area contributed by atoms with Crippen LogP contribution < -0.4 is 10.6 Å². The molecule has 0 bridgehead atoms. The Labute approximate surface area is 130 Å². The van der Waals surface area contributed by atoms with Crippen molar-refractivity contribution in [3.63, 3.8) is 0 Å². The van der Waals surface area contributed by atoms with Gasteiger partial charge in [-0.3, -0.25) is 10.1 Å². The van der Waals surface area contributed by atoms with Crippen LogP contribution in [0.4, 0.5) is 13.2 Å². The Morgan fingerprint density at radius 1 is 1.29 bits per heavy atom. The van der Waals surface area contributed by atoms with Crippen molar-refractivity contribution >= 4 is 29.1 Å². The third-order valence-corrected chi connectivity index (χ3v) is 3.35. The van der Waals surface area contributed by atoms with Crippen molar-refractivity contribution in [3.8, 4) is 0 Å². The van der Waals surface area contributed by atoms with Crippen LogP contribution in [0.25, 0.3) is 0 Å². The molecule has 1 aromatic carbocycles.